The highest BCUT2D eigenvalue weighted by Gasteiger charge is 2.11. The first-order valence-electron chi connectivity index (χ1n) is 3.01. The zero-order chi connectivity index (χ0) is 8.43. The van der Waals surface area contributed by atoms with Crippen molar-refractivity contribution in [3.8, 4) is 0 Å². The van der Waals surface area contributed by atoms with E-state index in [-0.39, 0.29) is 5.56 Å². The number of pyridine rings is 1. The van der Waals surface area contributed by atoms with Gasteiger partial charge in [0.1, 0.15) is 3.70 Å². The van der Waals surface area contributed by atoms with Crippen molar-refractivity contribution in [1.29, 1.82) is 0 Å². The molecule has 0 unspecified atom stereocenters. The Bertz CT molecular complexity index is 263. The molecule has 4 heteroatoms. The molecule has 0 aliphatic heterocycles. The molecule has 0 amide bonds. The highest BCUT2D eigenvalue weighted by atomic mass is 127. The van der Waals surface area contributed by atoms with Crippen molar-refractivity contribution in [2.45, 2.75) is 13.3 Å². The van der Waals surface area contributed by atoms with Crippen molar-refractivity contribution in [2.75, 3.05) is 0 Å². The van der Waals surface area contributed by atoms with Crippen LogP contribution in [-0.2, 0) is 0 Å². The number of nitrogens with zero attached hydrogens (tertiary/aromatic N) is 1. The molecule has 0 aromatic carbocycles. The van der Waals surface area contributed by atoms with Crippen LogP contribution in [0.25, 0.3) is 0 Å². The molecule has 1 aromatic rings. The minimum Gasteiger partial charge on any atom is -0.250 e. The third kappa shape index (κ3) is 2.08. The van der Waals surface area contributed by atoms with Crippen LogP contribution in [0, 0.1) is 10.6 Å². The molecule has 60 valence electrons. The number of aromatic nitrogens is 1. The van der Waals surface area contributed by atoms with E-state index >= 15 is 0 Å². The van der Waals surface area contributed by atoms with Crippen LogP contribution in [0.2, 0.25) is 0 Å². The largest absolute Gasteiger partial charge is 0.266 e. The van der Waals surface area contributed by atoms with Gasteiger partial charge in [-0.2, -0.15) is 0 Å². The molecule has 1 rings (SSSR count). The van der Waals surface area contributed by atoms with Crippen LogP contribution in [-0.4, -0.2) is 4.98 Å². The summed E-state index contributed by atoms with van der Waals surface area (Å²) in [6.45, 7) is 1.74. The zero-order valence-corrected chi connectivity index (χ0v) is 7.97. The van der Waals surface area contributed by atoms with Crippen LogP contribution in [0.1, 0.15) is 17.6 Å². The number of alkyl halides is 2. The van der Waals surface area contributed by atoms with Crippen LogP contribution >= 0.6 is 22.6 Å². The third-order valence-electron chi connectivity index (χ3n) is 1.24. The molecule has 1 nitrogen and oxygen atoms in total. The first-order chi connectivity index (χ1) is 5.11. The van der Waals surface area contributed by atoms with Crippen LogP contribution in [0.5, 0.6) is 0 Å². The van der Waals surface area contributed by atoms with E-state index in [1.807, 2.05) is 0 Å². The van der Waals surface area contributed by atoms with E-state index < -0.39 is 6.43 Å². The molecule has 0 spiro atoms. The van der Waals surface area contributed by atoms with Crippen molar-refractivity contribution < 1.29 is 8.78 Å². The topological polar surface area (TPSA) is 12.9 Å². The smallest absolute Gasteiger partial charge is 0.250 e. The van der Waals surface area contributed by atoms with Gasteiger partial charge in [-0.15, -0.1) is 0 Å². The molecule has 0 saturated heterocycles. The molecule has 0 atom stereocenters. The van der Waals surface area contributed by atoms with Crippen molar-refractivity contribution in [3.63, 3.8) is 0 Å². The second-order valence-corrected chi connectivity index (χ2v) is 3.22. The Morgan fingerprint density at radius 2 is 2.18 bits per heavy atom. The summed E-state index contributed by atoms with van der Waals surface area (Å²) in [7, 11) is 0. The fourth-order valence-corrected chi connectivity index (χ4v) is 1.26. The summed E-state index contributed by atoms with van der Waals surface area (Å²) in [5, 5.41) is 0. The van der Waals surface area contributed by atoms with E-state index in [0.717, 1.165) is 5.56 Å². The van der Waals surface area contributed by atoms with Crippen LogP contribution < -0.4 is 0 Å². The maximum atomic E-state index is 12.2. The van der Waals surface area contributed by atoms with Crippen LogP contribution in [0.3, 0.4) is 0 Å². The first-order valence-corrected chi connectivity index (χ1v) is 4.09. The molecule has 0 bridgehead atoms. The molecule has 1 heterocycles. The van der Waals surface area contributed by atoms with Gasteiger partial charge in [0.15, 0.2) is 0 Å². The van der Waals surface area contributed by atoms with Gasteiger partial charge in [-0.3, -0.25) is 0 Å². The third-order valence-corrected chi connectivity index (χ3v) is 2.14. The quantitative estimate of drug-likeness (QED) is 0.564. The van der Waals surface area contributed by atoms with E-state index in [0.29, 0.717) is 3.70 Å². The number of rotatable bonds is 1. The number of hydrogen-bond donors (Lipinski definition) is 0. The fraction of sp³-hybridized carbons (Fsp3) is 0.286. The summed E-state index contributed by atoms with van der Waals surface area (Å²) < 4.78 is 24.7. The lowest BCUT2D eigenvalue weighted by Crippen LogP contribution is -1.93. The van der Waals surface area contributed by atoms with E-state index in [4.69, 9.17) is 0 Å². The zero-order valence-electron chi connectivity index (χ0n) is 5.81. The summed E-state index contributed by atoms with van der Waals surface area (Å²) in [5.41, 5.74) is 0.784. The molecule has 0 saturated carbocycles. The lowest BCUT2D eigenvalue weighted by Gasteiger charge is -2.02. The predicted octanol–water partition coefficient (Wildman–Crippen LogP) is 2.93. The van der Waals surface area contributed by atoms with Gasteiger partial charge in [0, 0.05) is 11.8 Å². The van der Waals surface area contributed by atoms with Gasteiger partial charge in [-0.1, -0.05) is 0 Å². The molecule has 0 aliphatic rings. The summed E-state index contributed by atoms with van der Waals surface area (Å²) in [4.78, 5) is 3.81. The SMILES string of the molecule is Cc1cnc(I)c(C(F)F)c1. The van der Waals surface area contributed by atoms with Crippen molar-refractivity contribution in [1.82, 2.24) is 4.98 Å². The van der Waals surface area contributed by atoms with E-state index in [1.165, 1.54) is 6.07 Å². The summed E-state index contributed by atoms with van der Waals surface area (Å²) >= 11 is 1.80. The number of halogens is 3. The minimum atomic E-state index is -2.42. The summed E-state index contributed by atoms with van der Waals surface area (Å²) in [6.07, 6.45) is -0.845. The average molecular weight is 269 g/mol. The Labute approximate surface area is 77.0 Å². The van der Waals surface area contributed by atoms with Crippen LogP contribution in [0.4, 0.5) is 8.78 Å². The normalized spacial score (nSPS) is 10.6. The van der Waals surface area contributed by atoms with Gasteiger partial charge < -0.3 is 0 Å². The Morgan fingerprint density at radius 1 is 1.55 bits per heavy atom. The van der Waals surface area contributed by atoms with E-state index in [9.17, 15) is 8.78 Å². The van der Waals surface area contributed by atoms with E-state index in [1.54, 1.807) is 35.7 Å². The molecular weight excluding hydrogens is 263 g/mol. The summed E-state index contributed by atoms with van der Waals surface area (Å²) in [5.74, 6) is 0. The Hall–Kier alpha value is -0.260. The lowest BCUT2D eigenvalue weighted by atomic mass is 10.2. The lowest BCUT2D eigenvalue weighted by molar-refractivity contribution is 0.150. The minimum absolute atomic E-state index is 0.0191. The second kappa shape index (κ2) is 3.42. The molecule has 0 N–H and O–H groups in total. The Balaban J connectivity index is 3.13. The van der Waals surface area contributed by atoms with Gasteiger partial charge in [-0.05, 0) is 41.1 Å². The fourth-order valence-electron chi connectivity index (χ4n) is 0.728. The van der Waals surface area contributed by atoms with Gasteiger partial charge in [0.2, 0.25) is 0 Å². The van der Waals surface area contributed by atoms with Gasteiger partial charge in [0.25, 0.3) is 6.43 Å². The highest BCUT2D eigenvalue weighted by molar-refractivity contribution is 14.1. The average Bonchev–Trinajstić information content (AvgIpc) is 1.94. The molecular formula is C7H6F2IN. The second-order valence-electron chi connectivity index (χ2n) is 2.19. The van der Waals surface area contributed by atoms with Crippen LogP contribution in [0.15, 0.2) is 12.3 Å². The van der Waals surface area contributed by atoms with Gasteiger partial charge in [0.05, 0.1) is 0 Å². The van der Waals surface area contributed by atoms with Gasteiger partial charge in [-0.25, -0.2) is 13.8 Å². The standard InChI is InChI=1S/C7H6F2IN/c1-4-2-5(6(8)9)7(10)11-3-4/h2-3,6H,1H3. The summed E-state index contributed by atoms with van der Waals surface area (Å²) in [6, 6.07) is 1.46. The Morgan fingerprint density at radius 3 is 2.64 bits per heavy atom. The molecule has 1 aromatic heterocycles. The molecule has 0 fully saturated rings. The van der Waals surface area contributed by atoms with E-state index in [2.05, 4.69) is 4.98 Å². The predicted molar refractivity (Wildman–Crippen MR) is 46.6 cm³/mol. The Kier molecular flexibility index (Phi) is 2.75. The van der Waals surface area contributed by atoms with Gasteiger partial charge >= 0.3 is 0 Å². The molecule has 0 aliphatic carbocycles. The van der Waals surface area contributed by atoms with Crippen molar-refractivity contribution >= 4 is 22.6 Å². The first kappa shape index (κ1) is 8.83. The maximum Gasteiger partial charge on any atom is 0.266 e. The van der Waals surface area contributed by atoms with Crippen molar-refractivity contribution in [2.24, 2.45) is 0 Å². The molecule has 11 heavy (non-hydrogen) atoms. The molecule has 0 radical (unpaired) electrons. The number of hydrogen-bond acceptors (Lipinski definition) is 1. The highest BCUT2D eigenvalue weighted by Crippen LogP contribution is 2.23. The maximum absolute atomic E-state index is 12.2. The monoisotopic (exact) mass is 269 g/mol. The van der Waals surface area contributed by atoms with Crippen molar-refractivity contribution in [3.05, 3.63) is 27.1 Å². The number of aryl methyl sites for hydroxylation is 1.